The van der Waals surface area contributed by atoms with Crippen molar-refractivity contribution < 1.29 is 13.7 Å². The van der Waals surface area contributed by atoms with Crippen LogP contribution in [0.1, 0.15) is 17.3 Å². The summed E-state index contributed by atoms with van der Waals surface area (Å²) in [5.41, 5.74) is 0.239. The maximum atomic E-state index is 11.2. The summed E-state index contributed by atoms with van der Waals surface area (Å²) < 4.78 is 15.8. The molecule has 5 nitrogen and oxygen atoms in total. The lowest BCUT2D eigenvalue weighted by atomic mass is 10.4. The minimum absolute atomic E-state index is 0.239. The maximum Gasteiger partial charge on any atom is 0.342 e. The van der Waals surface area contributed by atoms with E-state index in [0.29, 0.717) is 11.6 Å². The molecule has 0 aliphatic heterocycles. The molecule has 1 aromatic heterocycles. The highest BCUT2D eigenvalue weighted by Gasteiger charge is 2.16. The number of nitrogens with zero attached hydrogens (tertiary/aromatic N) is 1. The highest BCUT2D eigenvalue weighted by atomic mass is 32.2. The summed E-state index contributed by atoms with van der Waals surface area (Å²) in [6.07, 6.45) is 2.78. The second-order valence-corrected chi connectivity index (χ2v) is 3.60. The van der Waals surface area contributed by atoms with Crippen LogP contribution in [0.3, 0.4) is 0 Å². The topological polar surface area (TPSA) is 72.0 Å². The van der Waals surface area contributed by atoms with E-state index in [-0.39, 0.29) is 5.56 Å². The number of esters is 1. The van der Waals surface area contributed by atoms with E-state index < -0.39 is 16.8 Å². The largest absolute Gasteiger partial charge is 0.462 e. The van der Waals surface area contributed by atoms with Crippen molar-refractivity contribution in [3.63, 3.8) is 0 Å². The Morgan fingerprint density at radius 1 is 1.77 bits per heavy atom. The van der Waals surface area contributed by atoms with E-state index >= 15 is 0 Å². The van der Waals surface area contributed by atoms with Gasteiger partial charge >= 0.3 is 5.97 Å². The number of aromatic amines is 1. The number of nitrogens with one attached hydrogen (secondary N) is 1. The van der Waals surface area contributed by atoms with Gasteiger partial charge in [-0.05, 0) is 6.92 Å². The van der Waals surface area contributed by atoms with Crippen LogP contribution in [-0.2, 0) is 15.5 Å². The number of hydrogen-bond acceptors (Lipinski definition) is 4. The van der Waals surface area contributed by atoms with Crippen molar-refractivity contribution in [1.29, 1.82) is 0 Å². The summed E-state index contributed by atoms with van der Waals surface area (Å²) >= 11 is 0. The fraction of sp³-hybridized carbons (Fsp3) is 0.429. The lowest BCUT2D eigenvalue weighted by Gasteiger charge is -1.99. The number of H-pyrrole nitrogens is 1. The van der Waals surface area contributed by atoms with Gasteiger partial charge in [0.05, 0.1) is 23.6 Å². The molecule has 0 fully saturated rings. The van der Waals surface area contributed by atoms with Gasteiger partial charge in [0.25, 0.3) is 0 Å². The summed E-state index contributed by atoms with van der Waals surface area (Å²) in [5.74, 6) is -0.499. The Morgan fingerprint density at radius 2 is 2.46 bits per heavy atom. The Hall–Kier alpha value is -1.17. The van der Waals surface area contributed by atoms with Gasteiger partial charge in [0.15, 0.2) is 0 Å². The number of carbonyl (C=O) groups is 1. The van der Waals surface area contributed by atoms with Crippen molar-refractivity contribution in [2.45, 2.75) is 11.9 Å². The number of rotatable bonds is 3. The van der Waals surface area contributed by atoms with Crippen molar-refractivity contribution in [1.82, 2.24) is 10.2 Å². The summed E-state index contributed by atoms with van der Waals surface area (Å²) in [4.78, 5) is 11.2. The average Bonchev–Trinajstić information content (AvgIpc) is 2.52. The third kappa shape index (κ3) is 2.15. The quantitative estimate of drug-likeness (QED) is 0.717. The molecule has 1 rings (SSSR count). The smallest absolute Gasteiger partial charge is 0.342 e. The first kappa shape index (κ1) is 9.91. The van der Waals surface area contributed by atoms with E-state index in [1.54, 1.807) is 6.92 Å². The molecule has 0 saturated carbocycles. The molecule has 0 radical (unpaired) electrons. The molecular weight excluding hydrogens is 192 g/mol. The highest BCUT2D eigenvalue weighted by molar-refractivity contribution is 7.84. The molecule has 0 aliphatic rings. The van der Waals surface area contributed by atoms with Crippen LogP contribution < -0.4 is 0 Å². The van der Waals surface area contributed by atoms with Crippen molar-refractivity contribution >= 4 is 16.8 Å². The van der Waals surface area contributed by atoms with Crippen LogP contribution in [0.25, 0.3) is 0 Å². The van der Waals surface area contributed by atoms with Crippen molar-refractivity contribution in [3.05, 3.63) is 11.8 Å². The van der Waals surface area contributed by atoms with Gasteiger partial charge in [0.1, 0.15) is 10.6 Å². The zero-order valence-corrected chi connectivity index (χ0v) is 8.18. The van der Waals surface area contributed by atoms with Crippen molar-refractivity contribution in [2.75, 3.05) is 12.9 Å². The zero-order valence-electron chi connectivity index (χ0n) is 7.36. The molecule has 1 N–H and O–H groups in total. The Labute approximate surface area is 77.9 Å². The molecule has 1 aromatic rings. The molecule has 0 amide bonds. The van der Waals surface area contributed by atoms with Gasteiger partial charge in [-0.3, -0.25) is 9.31 Å². The van der Waals surface area contributed by atoms with Gasteiger partial charge in [-0.2, -0.15) is 5.10 Å². The molecule has 72 valence electrons. The molecule has 0 bridgehead atoms. The number of hydrogen-bond donors (Lipinski definition) is 1. The van der Waals surface area contributed by atoms with Crippen LogP contribution in [0.5, 0.6) is 0 Å². The number of aromatic nitrogens is 2. The third-order valence-corrected chi connectivity index (χ3v) is 2.27. The summed E-state index contributed by atoms with van der Waals surface area (Å²) in [6, 6.07) is 0. The number of carbonyl (C=O) groups excluding carboxylic acids is 1. The molecule has 1 atom stereocenters. The normalized spacial score (nSPS) is 12.5. The van der Waals surface area contributed by atoms with Gasteiger partial charge in [-0.25, -0.2) is 4.79 Å². The predicted octanol–water partition coefficient (Wildman–Crippen LogP) is 0.324. The van der Waals surface area contributed by atoms with E-state index in [9.17, 15) is 9.00 Å². The van der Waals surface area contributed by atoms with Gasteiger partial charge in [-0.15, -0.1) is 0 Å². The second-order valence-electron chi connectivity index (χ2n) is 2.29. The van der Waals surface area contributed by atoms with Gasteiger partial charge in [-0.1, -0.05) is 0 Å². The van der Waals surface area contributed by atoms with E-state index in [1.165, 1.54) is 12.5 Å². The van der Waals surface area contributed by atoms with Gasteiger partial charge in [0, 0.05) is 6.26 Å². The minimum atomic E-state index is -1.25. The molecule has 1 heterocycles. The summed E-state index contributed by atoms with van der Waals surface area (Å²) in [5, 5.41) is 6.43. The van der Waals surface area contributed by atoms with E-state index in [2.05, 4.69) is 10.2 Å². The standard InChI is InChI=1S/C7H10N2O3S/c1-3-12-7(10)5-4-8-9-6(5)13(2)11/h4H,3H2,1-2H3,(H,8,9). The molecule has 6 heteroatoms. The molecule has 0 saturated heterocycles. The minimum Gasteiger partial charge on any atom is -0.462 e. The first-order valence-corrected chi connectivity index (χ1v) is 5.26. The SMILES string of the molecule is CCOC(=O)c1cn[nH]c1S(C)=O. The molecule has 0 spiro atoms. The van der Waals surface area contributed by atoms with Crippen LogP contribution in [0.15, 0.2) is 11.2 Å². The third-order valence-electron chi connectivity index (χ3n) is 1.39. The van der Waals surface area contributed by atoms with Crippen LogP contribution in [0.4, 0.5) is 0 Å². The van der Waals surface area contributed by atoms with Crippen molar-refractivity contribution in [3.8, 4) is 0 Å². The highest BCUT2D eigenvalue weighted by Crippen LogP contribution is 2.09. The molecule has 0 aromatic carbocycles. The van der Waals surface area contributed by atoms with Gasteiger partial charge in [0.2, 0.25) is 0 Å². The fourth-order valence-corrected chi connectivity index (χ4v) is 1.47. The molecule has 1 unspecified atom stereocenters. The van der Waals surface area contributed by atoms with Crippen LogP contribution in [0.2, 0.25) is 0 Å². The zero-order chi connectivity index (χ0) is 9.84. The first-order valence-electron chi connectivity index (χ1n) is 3.70. The Kier molecular flexibility index (Phi) is 3.18. The Balaban J connectivity index is 2.93. The van der Waals surface area contributed by atoms with Crippen LogP contribution in [0, 0.1) is 0 Å². The molecule has 0 aliphatic carbocycles. The lowest BCUT2D eigenvalue weighted by molar-refractivity contribution is 0.0522. The van der Waals surface area contributed by atoms with E-state index in [0.717, 1.165) is 0 Å². The molecule has 13 heavy (non-hydrogen) atoms. The summed E-state index contributed by atoms with van der Waals surface area (Å²) in [7, 11) is -1.25. The van der Waals surface area contributed by atoms with Crippen molar-refractivity contribution in [2.24, 2.45) is 0 Å². The van der Waals surface area contributed by atoms with Crippen LogP contribution in [-0.4, -0.2) is 33.2 Å². The first-order chi connectivity index (χ1) is 6.16. The fourth-order valence-electron chi connectivity index (χ4n) is 0.848. The Morgan fingerprint density at radius 3 is 3.00 bits per heavy atom. The lowest BCUT2D eigenvalue weighted by Crippen LogP contribution is -2.07. The number of ether oxygens (including phenoxy) is 1. The van der Waals surface area contributed by atoms with E-state index in [4.69, 9.17) is 4.74 Å². The maximum absolute atomic E-state index is 11.2. The predicted molar refractivity (Wildman–Crippen MR) is 46.9 cm³/mol. The average molecular weight is 202 g/mol. The summed E-state index contributed by atoms with van der Waals surface area (Å²) in [6.45, 7) is 2.00. The monoisotopic (exact) mass is 202 g/mol. The van der Waals surface area contributed by atoms with Crippen LogP contribution >= 0.6 is 0 Å². The van der Waals surface area contributed by atoms with E-state index in [1.807, 2.05) is 0 Å². The molecular formula is C7H10N2O3S. The Bertz CT molecular complexity index is 334. The second kappa shape index (κ2) is 4.18. The van der Waals surface area contributed by atoms with Gasteiger partial charge < -0.3 is 4.74 Å².